The summed E-state index contributed by atoms with van der Waals surface area (Å²) in [5.41, 5.74) is -0.898. The molecule has 1 heterocycles. The molecule has 1 aliphatic rings. The molecule has 4 atom stereocenters. The van der Waals surface area contributed by atoms with Gasteiger partial charge in [0, 0.05) is 0 Å². The van der Waals surface area contributed by atoms with E-state index in [0.29, 0.717) is 13.2 Å². The summed E-state index contributed by atoms with van der Waals surface area (Å²) in [5.74, 6) is -2.31. The minimum absolute atomic E-state index is 0.0344. The van der Waals surface area contributed by atoms with Crippen LogP contribution in [0.15, 0.2) is 0 Å². The fraction of sp³-hybridized carbons (Fsp3) is 0.900. The van der Waals surface area contributed by atoms with Crippen LogP contribution in [-0.4, -0.2) is 72.4 Å². The van der Waals surface area contributed by atoms with E-state index < -0.39 is 29.7 Å². The first-order chi connectivity index (χ1) is 7.97. The molecular formula is C10H18BO6. The summed E-state index contributed by atoms with van der Waals surface area (Å²) < 4.78 is 15.6. The summed E-state index contributed by atoms with van der Waals surface area (Å²) in [7, 11) is 5.11. The van der Waals surface area contributed by atoms with E-state index in [1.165, 1.54) is 0 Å². The summed E-state index contributed by atoms with van der Waals surface area (Å²) in [5, 5.41) is 29.0. The van der Waals surface area contributed by atoms with Gasteiger partial charge in [-0.25, -0.2) is 0 Å². The Hall–Kier alpha value is -0.465. The average molecular weight is 245 g/mol. The summed E-state index contributed by atoms with van der Waals surface area (Å²) in [4.78, 5) is 0. The first-order valence-electron chi connectivity index (χ1n) is 5.56. The fourth-order valence-electron chi connectivity index (χ4n) is 1.79. The molecule has 1 radical (unpaired) electrons. The van der Waals surface area contributed by atoms with Crippen LogP contribution < -0.4 is 0 Å². The van der Waals surface area contributed by atoms with E-state index in [2.05, 4.69) is 0 Å². The number of rotatable bonds is 5. The zero-order chi connectivity index (χ0) is 13.1. The third kappa shape index (κ3) is 2.86. The van der Waals surface area contributed by atoms with Gasteiger partial charge in [-0.15, -0.1) is 0 Å². The predicted octanol–water partition coefficient (Wildman–Crippen LogP) is -1.45. The van der Waals surface area contributed by atoms with E-state index >= 15 is 0 Å². The SMILES string of the molecule is [B]=C(O)[C@@]1(O)OC[C@@H](OCC)[C@@H](OCC)[C@@H]1O. The first-order valence-corrected chi connectivity index (χ1v) is 5.56. The predicted molar refractivity (Wildman–Crippen MR) is 60.4 cm³/mol. The Morgan fingerprint density at radius 3 is 2.47 bits per heavy atom. The topological polar surface area (TPSA) is 88.4 Å². The molecule has 0 aliphatic carbocycles. The maximum atomic E-state index is 9.95. The van der Waals surface area contributed by atoms with E-state index in [-0.39, 0.29) is 6.61 Å². The molecule has 3 N–H and O–H groups in total. The minimum atomic E-state index is -2.31. The van der Waals surface area contributed by atoms with Crippen LogP contribution in [0.5, 0.6) is 0 Å². The standard InChI is InChI=1S/C10H18BO6/c1-3-15-6-5-17-10(14,9(11)13)8(12)7(6)16-4-2/h6-8,12-14H,3-5H2,1-2H3/t6-,7-,8+,10+/m1/s1. The van der Waals surface area contributed by atoms with E-state index in [9.17, 15) is 15.3 Å². The second kappa shape index (κ2) is 5.93. The van der Waals surface area contributed by atoms with Crippen LogP contribution in [0, 0.1) is 0 Å². The number of hydrogen-bond donors (Lipinski definition) is 3. The molecule has 1 saturated heterocycles. The third-order valence-electron chi connectivity index (χ3n) is 2.65. The van der Waals surface area contributed by atoms with Crippen LogP contribution in [0.1, 0.15) is 13.8 Å². The molecule has 1 fully saturated rings. The summed E-state index contributed by atoms with van der Waals surface area (Å²) in [6.45, 7) is 4.25. The summed E-state index contributed by atoms with van der Waals surface area (Å²) in [6, 6.07) is 0. The first kappa shape index (κ1) is 14.6. The van der Waals surface area contributed by atoms with Crippen molar-refractivity contribution in [3.63, 3.8) is 0 Å². The zero-order valence-corrected chi connectivity index (χ0v) is 10.00. The van der Waals surface area contributed by atoms with Crippen LogP contribution >= 0.6 is 0 Å². The van der Waals surface area contributed by atoms with Crippen molar-refractivity contribution in [1.29, 1.82) is 0 Å². The number of ether oxygens (including phenoxy) is 3. The van der Waals surface area contributed by atoms with Crippen LogP contribution in [0.3, 0.4) is 0 Å². The van der Waals surface area contributed by atoms with Gasteiger partial charge >= 0.3 is 100 Å². The Morgan fingerprint density at radius 2 is 2.00 bits per heavy atom. The van der Waals surface area contributed by atoms with Gasteiger partial charge in [-0.3, -0.25) is 0 Å². The van der Waals surface area contributed by atoms with Crippen molar-refractivity contribution in [2.45, 2.75) is 37.9 Å². The molecule has 0 bridgehead atoms. The van der Waals surface area contributed by atoms with Gasteiger partial charge in [0.25, 0.3) is 0 Å². The molecule has 0 saturated carbocycles. The summed E-state index contributed by atoms with van der Waals surface area (Å²) in [6.07, 6.45) is -2.85. The van der Waals surface area contributed by atoms with Crippen molar-refractivity contribution in [2.24, 2.45) is 0 Å². The van der Waals surface area contributed by atoms with Crippen molar-refractivity contribution in [3.8, 4) is 0 Å². The van der Waals surface area contributed by atoms with E-state index in [1.54, 1.807) is 13.8 Å². The van der Waals surface area contributed by atoms with Gasteiger partial charge in [-0.2, -0.15) is 0 Å². The molecule has 0 unspecified atom stereocenters. The normalized spacial score (nSPS) is 37.9. The Morgan fingerprint density at radius 1 is 1.41 bits per heavy atom. The van der Waals surface area contributed by atoms with Crippen molar-refractivity contribution in [1.82, 2.24) is 0 Å². The van der Waals surface area contributed by atoms with Gasteiger partial charge in [0.05, 0.1) is 0 Å². The molecule has 0 amide bonds. The second-order valence-electron chi connectivity index (χ2n) is 3.75. The van der Waals surface area contributed by atoms with Gasteiger partial charge in [0.15, 0.2) is 0 Å². The van der Waals surface area contributed by atoms with Crippen LogP contribution in [0.25, 0.3) is 0 Å². The van der Waals surface area contributed by atoms with Crippen LogP contribution in [0.2, 0.25) is 0 Å². The monoisotopic (exact) mass is 245 g/mol. The molecule has 0 aromatic carbocycles. The van der Waals surface area contributed by atoms with E-state index in [1.807, 2.05) is 0 Å². The molecular weight excluding hydrogens is 227 g/mol. The van der Waals surface area contributed by atoms with Crippen molar-refractivity contribution < 1.29 is 29.5 Å². The molecule has 7 heteroatoms. The van der Waals surface area contributed by atoms with Gasteiger partial charge < -0.3 is 0 Å². The molecule has 6 nitrogen and oxygen atoms in total. The van der Waals surface area contributed by atoms with Gasteiger partial charge in [-0.05, 0) is 0 Å². The average Bonchev–Trinajstić information content (AvgIpc) is 2.28. The van der Waals surface area contributed by atoms with Crippen molar-refractivity contribution >= 4 is 13.1 Å². The summed E-state index contributed by atoms with van der Waals surface area (Å²) >= 11 is 0. The number of hydrogen-bond acceptors (Lipinski definition) is 6. The Balaban J connectivity index is 2.85. The Kier molecular flexibility index (Phi) is 5.09. The van der Waals surface area contributed by atoms with Crippen molar-refractivity contribution in [2.75, 3.05) is 19.8 Å². The maximum absolute atomic E-state index is 9.95. The van der Waals surface area contributed by atoms with Gasteiger partial charge in [0.2, 0.25) is 0 Å². The van der Waals surface area contributed by atoms with Gasteiger partial charge in [0.1, 0.15) is 0 Å². The second-order valence-corrected chi connectivity index (χ2v) is 3.75. The van der Waals surface area contributed by atoms with Crippen molar-refractivity contribution in [3.05, 3.63) is 0 Å². The number of aliphatic hydroxyl groups is 3. The Bertz CT molecular complexity index is 274. The molecule has 1 aliphatic heterocycles. The Labute approximate surface area is 101 Å². The molecule has 0 aromatic rings. The number of aliphatic hydroxyl groups excluding tert-OH is 2. The molecule has 1 rings (SSSR count). The third-order valence-corrected chi connectivity index (χ3v) is 2.65. The molecule has 97 valence electrons. The van der Waals surface area contributed by atoms with Gasteiger partial charge in [-0.1, -0.05) is 0 Å². The zero-order valence-electron chi connectivity index (χ0n) is 10.00. The molecule has 0 spiro atoms. The van der Waals surface area contributed by atoms with E-state index in [4.69, 9.17) is 21.7 Å². The van der Waals surface area contributed by atoms with Crippen LogP contribution in [0.4, 0.5) is 0 Å². The van der Waals surface area contributed by atoms with E-state index in [0.717, 1.165) is 0 Å². The fourth-order valence-corrected chi connectivity index (χ4v) is 1.79. The quantitative estimate of drug-likeness (QED) is 0.513. The van der Waals surface area contributed by atoms with Crippen LogP contribution in [-0.2, 0) is 14.2 Å². The molecule has 0 aromatic heterocycles. The molecule has 17 heavy (non-hydrogen) atoms.